The van der Waals surface area contributed by atoms with Crippen LogP contribution in [0.25, 0.3) is 0 Å². The van der Waals surface area contributed by atoms with Crippen LogP contribution in [0.1, 0.15) is 30.5 Å². The van der Waals surface area contributed by atoms with Gasteiger partial charge in [0.2, 0.25) is 5.88 Å². The fraction of sp³-hybridized carbons (Fsp3) is 0.259. The third-order valence-corrected chi connectivity index (χ3v) is 6.14. The largest absolute Gasteiger partial charge is 0.478 e. The number of hydrazine groups is 1. The molecule has 1 saturated heterocycles. The lowest BCUT2D eigenvalue weighted by atomic mass is 9.76. The molecule has 3 nitrogen and oxygen atoms in total. The number of ether oxygens (including phenoxy) is 1. The van der Waals surface area contributed by atoms with Crippen LogP contribution in [-0.2, 0) is 10.3 Å². The topological polar surface area (TPSA) is 15.7 Å². The number of hydrogen-bond acceptors (Lipinski definition) is 3. The van der Waals surface area contributed by atoms with Gasteiger partial charge in [0, 0.05) is 18.5 Å². The zero-order chi connectivity index (χ0) is 20.6. The maximum absolute atomic E-state index is 6.20. The highest BCUT2D eigenvalue weighted by molar-refractivity contribution is 5.50. The molecule has 1 fully saturated rings. The zero-order valence-corrected chi connectivity index (χ0v) is 17.7. The van der Waals surface area contributed by atoms with Crippen molar-refractivity contribution in [3.8, 4) is 0 Å². The normalized spacial score (nSPS) is 18.5. The summed E-state index contributed by atoms with van der Waals surface area (Å²) in [6.07, 6.45) is 2.22. The van der Waals surface area contributed by atoms with Crippen LogP contribution < -0.4 is 0 Å². The number of rotatable bonds is 4. The maximum Gasteiger partial charge on any atom is 0.201 e. The lowest BCUT2D eigenvalue weighted by molar-refractivity contribution is -0.130. The van der Waals surface area contributed by atoms with Gasteiger partial charge < -0.3 is 4.74 Å². The molecule has 0 spiro atoms. The molecule has 0 saturated carbocycles. The van der Waals surface area contributed by atoms with Gasteiger partial charge in [-0.1, -0.05) is 105 Å². The molecule has 152 valence electrons. The van der Waals surface area contributed by atoms with Crippen molar-refractivity contribution >= 4 is 0 Å². The average Bonchev–Trinajstić information content (AvgIpc) is 3.19. The molecule has 0 aromatic heterocycles. The summed E-state index contributed by atoms with van der Waals surface area (Å²) < 4.78 is 6.20. The van der Waals surface area contributed by atoms with Crippen LogP contribution in [0, 0.1) is 5.41 Å². The van der Waals surface area contributed by atoms with Gasteiger partial charge in [-0.15, -0.1) is 0 Å². The standard InChI is InChI=1S/C27H28N2O/c1-26(2)20-28-25(30-21-26)18-19-29(28)27(22-12-6-3-7-13-22,23-14-8-4-9-15-23)24-16-10-5-11-17-24/h3-18H,19-21H2,1-2H3. The number of benzene rings is 3. The van der Waals surface area contributed by atoms with Crippen molar-refractivity contribution in [3.05, 3.63) is 120 Å². The summed E-state index contributed by atoms with van der Waals surface area (Å²) in [7, 11) is 0. The second kappa shape index (κ2) is 7.33. The molecule has 0 atom stereocenters. The van der Waals surface area contributed by atoms with Crippen LogP contribution in [0.2, 0.25) is 0 Å². The lowest BCUT2D eigenvalue weighted by Gasteiger charge is -2.51. The van der Waals surface area contributed by atoms with Gasteiger partial charge in [-0.2, -0.15) is 5.01 Å². The van der Waals surface area contributed by atoms with Crippen molar-refractivity contribution in [3.63, 3.8) is 0 Å². The second-order valence-electron chi connectivity index (χ2n) is 8.94. The van der Waals surface area contributed by atoms with Gasteiger partial charge in [-0.25, -0.2) is 0 Å². The Hall–Kier alpha value is -3.04. The van der Waals surface area contributed by atoms with E-state index in [0.29, 0.717) is 0 Å². The highest BCUT2D eigenvalue weighted by atomic mass is 16.5. The van der Waals surface area contributed by atoms with Gasteiger partial charge in [-0.05, 0) is 22.8 Å². The summed E-state index contributed by atoms with van der Waals surface area (Å²) in [6.45, 7) is 7.01. The molecule has 3 aromatic rings. The van der Waals surface area contributed by atoms with Crippen LogP contribution in [0.5, 0.6) is 0 Å². The summed E-state index contributed by atoms with van der Waals surface area (Å²) in [5.41, 5.74) is 3.37. The maximum atomic E-state index is 6.20. The highest BCUT2D eigenvalue weighted by Gasteiger charge is 2.49. The predicted molar refractivity (Wildman–Crippen MR) is 120 cm³/mol. The van der Waals surface area contributed by atoms with E-state index in [2.05, 4.69) is 121 Å². The first-order chi connectivity index (χ1) is 14.6. The first kappa shape index (κ1) is 19.0. The third-order valence-electron chi connectivity index (χ3n) is 6.14. The fourth-order valence-corrected chi connectivity index (χ4v) is 4.81. The SMILES string of the molecule is CC1(C)COC2=CCN(C(c3ccccc3)(c3ccccc3)c3ccccc3)N2C1. The van der Waals surface area contributed by atoms with Crippen molar-refractivity contribution in [2.24, 2.45) is 5.41 Å². The molecule has 5 rings (SSSR count). The average molecular weight is 397 g/mol. The molecule has 0 unspecified atom stereocenters. The van der Waals surface area contributed by atoms with Crippen molar-refractivity contribution in [1.82, 2.24) is 10.0 Å². The van der Waals surface area contributed by atoms with E-state index in [1.54, 1.807) is 0 Å². The smallest absolute Gasteiger partial charge is 0.201 e. The Balaban J connectivity index is 1.77. The van der Waals surface area contributed by atoms with E-state index in [0.717, 1.165) is 25.6 Å². The molecule has 0 aliphatic carbocycles. The molecule has 2 heterocycles. The van der Waals surface area contributed by atoms with E-state index in [-0.39, 0.29) is 5.41 Å². The van der Waals surface area contributed by atoms with E-state index < -0.39 is 5.54 Å². The van der Waals surface area contributed by atoms with Gasteiger partial charge in [0.15, 0.2) is 0 Å². The van der Waals surface area contributed by atoms with Gasteiger partial charge in [0.25, 0.3) is 0 Å². The van der Waals surface area contributed by atoms with E-state index >= 15 is 0 Å². The summed E-state index contributed by atoms with van der Waals surface area (Å²) in [4.78, 5) is 0. The molecule has 2 aliphatic heterocycles. The van der Waals surface area contributed by atoms with E-state index in [1.807, 2.05) is 0 Å². The summed E-state index contributed by atoms with van der Waals surface area (Å²) in [5.74, 6) is 0.974. The van der Waals surface area contributed by atoms with Crippen LogP contribution in [0.15, 0.2) is 103 Å². The third kappa shape index (κ3) is 3.01. The molecule has 2 aliphatic rings. The number of fused-ring (bicyclic) bond motifs is 1. The molecule has 0 N–H and O–H groups in total. The van der Waals surface area contributed by atoms with Gasteiger partial charge in [0.1, 0.15) is 5.54 Å². The summed E-state index contributed by atoms with van der Waals surface area (Å²) in [6, 6.07) is 32.5. The van der Waals surface area contributed by atoms with E-state index in [1.165, 1.54) is 16.7 Å². The summed E-state index contributed by atoms with van der Waals surface area (Å²) >= 11 is 0. The van der Waals surface area contributed by atoms with Crippen molar-refractivity contribution < 1.29 is 4.74 Å². The molecule has 30 heavy (non-hydrogen) atoms. The molecule has 0 radical (unpaired) electrons. The Labute approximate surface area is 179 Å². The Kier molecular flexibility index (Phi) is 4.63. The number of hydrogen-bond donors (Lipinski definition) is 0. The first-order valence-corrected chi connectivity index (χ1v) is 10.7. The second-order valence-corrected chi connectivity index (χ2v) is 8.94. The Morgan fingerprint density at radius 2 is 1.20 bits per heavy atom. The van der Waals surface area contributed by atoms with Crippen molar-refractivity contribution in [1.29, 1.82) is 0 Å². The van der Waals surface area contributed by atoms with Gasteiger partial charge >= 0.3 is 0 Å². The van der Waals surface area contributed by atoms with Crippen LogP contribution >= 0.6 is 0 Å². The number of nitrogens with zero attached hydrogens (tertiary/aromatic N) is 2. The first-order valence-electron chi connectivity index (χ1n) is 10.7. The lowest BCUT2D eigenvalue weighted by Crippen LogP contribution is -2.57. The van der Waals surface area contributed by atoms with Crippen molar-refractivity contribution in [2.75, 3.05) is 19.7 Å². The minimum absolute atomic E-state index is 0.0791. The van der Waals surface area contributed by atoms with Gasteiger partial charge in [-0.3, -0.25) is 5.01 Å². The molecule has 0 amide bonds. The monoisotopic (exact) mass is 396 g/mol. The van der Waals surface area contributed by atoms with Crippen LogP contribution in [0.3, 0.4) is 0 Å². The minimum Gasteiger partial charge on any atom is -0.478 e. The van der Waals surface area contributed by atoms with Crippen LogP contribution in [-0.4, -0.2) is 29.7 Å². The Bertz CT molecular complexity index is 932. The van der Waals surface area contributed by atoms with Crippen LogP contribution in [0.4, 0.5) is 0 Å². The summed E-state index contributed by atoms with van der Waals surface area (Å²) in [5, 5.41) is 4.85. The molecular formula is C27H28N2O. The highest BCUT2D eigenvalue weighted by Crippen LogP contribution is 2.47. The van der Waals surface area contributed by atoms with E-state index in [4.69, 9.17) is 4.74 Å². The predicted octanol–water partition coefficient (Wildman–Crippen LogP) is 5.41. The van der Waals surface area contributed by atoms with Crippen molar-refractivity contribution in [2.45, 2.75) is 19.4 Å². The van der Waals surface area contributed by atoms with Gasteiger partial charge in [0.05, 0.1) is 6.61 Å². The quantitative estimate of drug-likeness (QED) is 0.549. The molecular weight excluding hydrogens is 368 g/mol. The van der Waals surface area contributed by atoms with E-state index in [9.17, 15) is 0 Å². The minimum atomic E-state index is -0.460. The molecule has 3 aromatic carbocycles. The molecule has 0 bridgehead atoms. The Morgan fingerprint density at radius 3 is 1.67 bits per heavy atom. The Morgan fingerprint density at radius 1 is 0.733 bits per heavy atom. The molecule has 3 heteroatoms. The fourth-order valence-electron chi connectivity index (χ4n) is 4.81. The zero-order valence-electron chi connectivity index (χ0n) is 17.7.